The number of carbonyl (C=O) groups excluding carboxylic acids is 1. The highest BCUT2D eigenvalue weighted by atomic mass is 16.5. The van der Waals surface area contributed by atoms with Gasteiger partial charge in [-0.15, -0.1) is 0 Å². The molecule has 1 N–H and O–H groups in total. The predicted octanol–water partition coefficient (Wildman–Crippen LogP) is 2.37. The number of ether oxygens (including phenoxy) is 2. The van der Waals surface area contributed by atoms with Gasteiger partial charge in [-0.25, -0.2) is 4.79 Å². The molecule has 0 spiro atoms. The first-order valence-corrected chi connectivity index (χ1v) is 6.68. The molecule has 0 unspecified atom stereocenters. The van der Waals surface area contributed by atoms with Crippen molar-refractivity contribution in [2.45, 2.75) is 12.8 Å². The average Bonchev–Trinajstić information content (AvgIpc) is 2.54. The minimum Gasteiger partial charge on any atom is -0.497 e. The molecule has 7 heteroatoms. The molecule has 0 aliphatic heterocycles. The van der Waals surface area contributed by atoms with Crippen LogP contribution >= 0.6 is 0 Å². The zero-order chi connectivity index (χ0) is 16.4. The lowest BCUT2D eigenvalue weighted by Gasteiger charge is -2.21. The molecule has 0 atom stereocenters. The number of urea groups is 1. The van der Waals surface area contributed by atoms with Crippen molar-refractivity contribution in [2.75, 3.05) is 32.6 Å². The van der Waals surface area contributed by atoms with Gasteiger partial charge in [-0.3, -0.25) is 0 Å². The van der Waals surface area contributed by atoms with Crippen molar-refractivity contribution in [2.24, 2.45) is 0 Å². The Morgan fingerprint density at radius 2 is 1.82 bits per heavy atom. The van der Waals surface area contributed by atoms with E-state index in [0.717, 1.165) is 0 Å². The third-order valence-electron chi connectivity index (χ3n) is 2.92. The number of hydrogen-bond acceptors (Lipinski definition) is 5. The van der Waals surface area contributed by atoms with Crippen molar-refractivity contribution >= 4 is 11.7 Å². The van der Waals surface area contributed by atoms with E-state index in [4.69, 9.17) is 20.0 Å². The zero-order valence-corrected chi connectivity index (χ0v) is 12.6. The lowest BCUT2D eigenvalue weighted by atomic mass is 10.2. The molecule has 0 saturated heterocycles. The van der Waals surface area contributed by atoms with Gasteiger partial charge in [-0.1, -0.05) is 0 Å². The lowest BCUT2D eigenvalue weighted by molar-refractivity contribution is 0.214. The van der Waals surface area contributed by atoms with E-state index in [1.54, 1.807) is 18.2 Å². The zero-order valence-electron chi connectivity index (χ0n) is 12.6. The van der Waals surface area contributed by atoms with Crippen molar-refractivity contribution in [3.63, 3.8) is 0 Å². The first-order chi connectivity index (χ1) is 10.7. The number of nitrogens with zero attached hydrogens (tertiary/aromatic N) is 3. The van der Waals surface area contributed by atoms with Crippen molar-refractivity contribution in [1.82, 2.24) is 4.90 Å². The maximum Gasteiger partial charge on any atom is 0.322 e. The Morgan fingerprint density at radius 3 is 2.32 bits per heavy atom. The SMILES string of the molecule is COc1ccc(OC)c(NC(=O)N(CCC#N)CCC#N)c1. The van der Waals surface area contributed by atoms with E-state index in [1.165, 1.54) is 19.1 Å². The van der Waals surface area contributed by atoms with Crippen LogP contribution in [0.2, 0.25) is 0 Å². The van der Waals surface area contributed by atoms with Crippen LogP contribution in [-0.4, -0.2) is 38.2 Å². The third-order valence-corrected chi connectivity index (χ3v) is 2.92. The van der Waals surface area contributed by atoms with Gasteiger partial charge in [0.1, 0.15) is 11.5 Å². The summed E-state index contributed by atoms with van der Waals surface area (Å²) < 4.78 is 10.3. The Balaban J connectivity index is 2.87. The quantitative estimate of drug-likeness (QED) is 0.833. The molecule has 0 radical (unpaired) electrons. The fraction of sp³-hybridized carbons (Fsp3) is 0.400. The Labute approximate surface area is 129 Å². The van der Waals surface area contributed by atoms with Crippen LogP contribution in [0.5, 0.6) is 11.5 Å². The number of nitriles is 2. The second-order valence-electron chi connectivity index (χ2n) is 4.30. The average molecular weight is 302 g/mol. The van der Waals surface area contributed by atoms with Gasteiger partial charge in [0.2, 0.25) is 0 Å². The number of hydrogen-bond donors (Lipinski definition) is 1. The maximum atomic E-state index is 12.3. The molecule has 0 fully saturated rings. The van der Waals surface area contributed by atoms with Gasteiger partial charge in [0, 0.05) is 19.2 Å². The number of rotatable bonds is 7. The molecule has 2 amide bonds. The molecule has 1 aromatic rings. The van der Waals surface area contributed by atoms with E-state index < -0.39 is 6.03 Å². The van der Waals surface area contributed by atoms with E-state index in [-0.39, 0.29) is 25.9 Å². The Hall–Kier alpha value is -2.93. The summed E-state index contributed by atoms with van der Waals surface area (Å²) in [6.45, 7) is 0.520. The van der Waals surface area contributed by atoms with E-state index in [1.807, 2.05) is 12.1 Å². The molecule has 0 aliphatic rings. The molecule has 0 heterocycles. The third kappa shape index (κ3) is 4.88. The number of nitrogens with one attached hydrogen (secondary N) is 1. The Kier molecular flexibility index (Phi) is 7.07. The highest BCUT2D eigenvalue weighted by Gasteiger charge is 2.15. The number of carbonyl (C=O) groups is 1. The summed E-state index contributed by atoms with van der Waals surface area (Å²) in [5.74, 6) is 1.08. The van der Waals surface area contributed by atoms with Gasteiger partial charge < -0.3 is 19.7 Å². The van der Waals surface area contributed by atoms with Crippen LogP contribution in [0.3, 0.4) is 0 Å². The smallest absolute Gasteiger partial charge is 0.322 e. The van der Waals surface area contributed by atoms with Crippen LogP contribution in [0.4, 0.5) is 10.5 Å². The highest BCUT2D eigenvalue weighted by molar-refractivity contribution is 5.91. The minimum absolute atomic E-state index is 0.202. The van der Waals surface area contributed by atoms with E-state index >= 15 is 0 Å². The molecule has 0 saturated carbocycles. The number of methoxy groups -OCH3 is 2. The molecular weight excluding hydrogens is 284 g/mol. The number of benzene rings is 1. The molecule has 1 aromatic carbocycles. The molecule has 1 rings (SSSR count). The van der Waals surface area contributed by atoms with Crippen molar-refractivity contribution in [1.29, 1.82) is 10.5 Å². The summed E-state index contributed by atoms with van der Waals surface area (Å²) >= 11 is 0. The molecule has 0 bridgehead atoms. The first-order valence-electron chi connectivity index (χ1n) is 6.68. The van der Waals surface area contributed by atoms with Gasteiger partial charge in [0.25, 0.3) is 0 Å². The Bertz CT molecular complexity index is 571. The Morgan fingerprint density at radius 1 is 1.18 bits per heavy atom. The monoisotopic (exact) mass is 302 g/mol. The molecule has 0 aliphatic carbocycles. The fourth-order valence-corrected chi connectivity index (χ4v) is 1.79. The normalized spacial score (nSPS) is 9.27. The molecule has 22 heavy (non-hydrogen) atoms. The second kappa shape index (κ2) is 9.09. The summed E-state index contributed by atoms with van der Waals surface area (Å²) in [5, 5.41) is 20.0. The summed E-state index contributed by atoms with van der Waals surface area (Å²) in [6, 6.07) is 8.62. The lowest BCUT2D eigenvalue weighted by Crippen LogP contribution is -2.36. The van der Waals surface area contributed by atoms with Gasteiger partial charge >= 0.3 is 6.03 Å². The fourth-order valence-electron chi connectivity index (χ4n) is 1.79. The van der Waals surface area contributed by atoms with Crippen LogP contribution < -0.4 is 14.8 Å². The summed E-state index contributed by atoms with van der Waals surface area (Å²) in [6.07, 6.45) is 0.405. The van der Waals surface area contributed by atoms with Crippen LogP contribution in [0.25, 0.3) is 0 Å². The summed E-state index contributed by atoms with van der Waals surface area (Å²) in [4.78, 5) is 13.7. The van der Waals surface area contributed by atoms with Gasteiger partial charge in [-0.05, 0) is 12.1 Å². The summed E-state index contributed by atoms with van der Waals surface area (Å²) in [7, 11) is 3.03. The molecule has 116 valence electrons. The van der Waals surface area contributed by atoms with Gasteiger partial charge in [0.15, 0.2) is 0 Å². The summed E-state index contributed by atoms with van der Waals surface area (Å²) in [5.41, 5.74) is 0.464. The van der Waals surface area contributed by atoms with Gasteiger partial charge in [0.05, 0.1) is 44.9 Å². The van der Waals surface area contributed by atoms with Crippen LogP contribution in [0, 0.1) is 22.7 Å². The first kappa shape index (κ1) is 17.1. The van der Waals surface area contributed by atoms with Crippen molar-refractivity contribution in [3.05, 3.63) is 18.2 Å². The molecular formula is C15H18N4O3. The largest absolute Gasteiger partial charge is 0.497 e. The van der Waals surface area contributed by atoms with Crippen LogP contribution in [-0.2, 0) is 0 Å². The molecule has 0 aromatic heterocycles. The molecule has 7 nitrogen and oxygen atoms in total. The van der Waals surface area contributed by atoms with Crippen LogP contribution in [0.1, 0.15) is 12.8 Å². The van der Waals surface area contributed by atoms with Crippen LogP contribution in [0.15, 0.2) is 18.2 Å². The minimum atomic E-state index is -0.392. The van der Waals surface area contributed by atoms with Crippen molar-refractivity contribution < 1.29 is 14.3 Å². The van der Waals surface area contributed by atoms with E-state index in [9.17, 15) is 4.79 Å². The maximum absolute atomic E-state index is 12.3. The highest BCUT2D eigenvalue weighted by Crippen LogP contribution is 2.29. The number of amides is 2. The predicted molar refractivity (Wildman–Crippen MR) is 80.6 cm³/mol. The second-order valence-corrected chi connectivity index (χ2v) is 4.30. The van der Waals surface area contributed by atoms with Gasteiger partial charge in [-0.2, -0.15) is 10.5 Å². The standard InChI is InChI=1S/C15H18N4O3/c1-21-12-5-6-14(22-2)13(11-12)18-15(20)19(9-3-7-16)10-4-8-17/h5-6,11H,3-4,9-10H2,1-2H3,(H,18,20). The number of anilines is 1. The van der Waals surface area contributed by atoms with E-state index in [2.05, 4.69) is 5.32 Å². The topological polar surface area (TPSA) is 98.4 Å². The van der Waals surface area contributed by atoms with Crippen molar-refractivity contribution in [3.8, 4) is 23.6 Å². The van der Waals surface area contributed by atoms with E-state index in [0.29, 0.717) is 17.2 Å².